The van der Waals surface area contributed by atoms with Crippen LogP contribution in [-0.4, -0.2) is 49.7 Å². The minimum Gasteiger partial charge on any atom is -0.364 e. The molecular formula is C10H15N4+. The van der Waals surface area contributed by atoms with E-state index in [-0.39, 0.29) is 5.57 Å². The molecule has 1 fully saturated rings. The minimum absolute atomic E-state index is 0.192. The quantitative estimate of drug-likeness (QED) is 0.443. The first-order valence-corrected chi connectivity index (χ1v) is 4.65. The molecule has 0 saturated carbocycles. The van der Waals surface area contributed by atoms with Crippen molar-refractivity contribution in [2.45, 2.75) is 0 Å². The summed E-state index contributed by atoms with van der Waals surface area (Å²) in [5, 5.41) is 17.2. The number of nitrogens with zero attached hydrogens (tertiary/aromatic N) is 4. The van der Waals surface area contributed by atoms with E-state index in [4.69, 9.17) is 10.5 Å². The summed E-state index contributed by atoms with van der Waals surface area (Å²) in [6.07, 6.45) is 1.67. The molecule has 1 rings (SSSR count). The Bertz CT molecular complexity index is 290. The van der Waals surface area contributed by atoms with Crippen LogP contribution in [0.1, 0.15) is 0 Å². The Morgan fingerprint density at radius 3 is 2.14 bits per heavy atom. The second-order valence-corrected chi connectivity index (χ2v) is 4.19. The van der Waals surface area contributed by atoms with Crippen molar-refractivity contribution in [1.82, 2.24) is 4.90 Å². The molecule has 0 N–H and O–H groups in total. The number of hydrogen-bond donors (Lipinski definition) is 0. The molecule has 0 aromatic rings. The zero-order chi connectivity index (χ0) is 10.6. The molecular weight excluding hydrogens is 176 g/mol. The van der Waals surface area contributed by atoms with Crippen LogP contribution >= 0.6 is 0 Å². The van der Waals surface area contributed by atoms with Gasteiger partial charge in [-0.05, 0) is 0 Å². The lowest BCUT2D eigenvalue weighted by Crippen LogP contribution is -2.53. The highest BCUT2D eigenvalue weighted by Crippen LogP contribution is 2.07. The molecule has 0 unspecified atom stereocenters. The number of hydrogen-bond acceptors (Lipinski definition) is 3. The maximum atomic E-state index is 8.59. The third-order valence-corrected chi connectivity index (χ3v) is 2.54. The summed E-state index contributed by atoms with van der Waals surface area (Å²) in [5.41, 5.74) is 0.192. The fourth-order valence-corrected chi connectivity index (χ4v) is 1.42. The van der Waals surface area contributed by atoms with Crippen molar-refractivity contribution in [3.63, 3.8) is 0 Å². The molecule has 0 bridgehead atoms. The third-order valence-electron chi connectivity index (χ3n) is 2.54. The molecule has 0 radical (unpaired) electrons. The van der Waals surface area contributed by atoms with E-state index in [0.29, 0.717) is 0 Å². The molecule has 0 spiro atoms. The fraction of sp³-hybridized carbons (Fsp3) is 0.600. The number of rotatable bonds is 1. The maximum absolute atomic E-state index is 8.59. The molecule has 1 saturated heterocycles. The summed E-state index contributed by atoms with van der Waals surface area (Å²) in [6.45, 7) is 3.95. The second kappa shape index (κ2) is 4.13. The average molecular weight is 191 g/mol. The standard InChI is InChI=1S/C10H15N4/c1-14(2)5-3-13(4-6-14)9-10(7-11)8-12/h9H,3-6H2,1-2H3/q+1. The summed E-state index contributed by atoms with van der Waals surface area (Å²) in [5.74, 6) is 0. The third kappa shape index (κ3) is 2.76. The minimum atomic E-state index is 0.192. The van der Waals surface area contributed by atoms with Crippen molar-refractivity contribution in [3.8, 4) is 12.1 Å². The zero-order valence-electron chi connectivity index (χ0n) is 8.69. The van der Waals surface area contributed by atoms with Crippen LogP contribution in [0.3, 0.4) is 0 Å². The lowest BCUT2D eigenvalue weighted by atomic mass is 10.2. The first kappa shape index (κ1) is 10.6. The largest absolute Gasteiger partial charge is 0.364 e. The lowest BCUT2D eigenvalue weighted by molar-refractivity contribution is -0.894. The average Bonchev–Trinajstić information content (AvgIpc) is 2.16. The highest BCUT2D eigenvalue weighted by Gasteiger charge is 2.22. The molecule has 0 atom stereocenters. The van der Waals surface area contributed by atoms with Gasteiger partial charge in [0.25, 0.3) is 0 Å². The summed E-state index contributed by atoms with van der Waals surface area (Å²) >= 11 is 0. The SMILES string of the molecule is C[N+]1(C)CCN(C=C(C#N)C#N)CC1. The zero-order valence-corrected chi connectivity index (χ0v) is 8.69. The van der Waals surface area contributed by atoms with Gasteiger partial charge in [0.05, 0.1) is 40.3 Å². The Labute approximate surface area is 84.8 Å². The van der Waals surface area contributed by atoms with Crippen molar-refractivity contribution >= 4 is 0 Å². The predicted octanol–water partition coefficient (Wildman–Crippen LogP) is 0.309. The van der Waals surface area contributed by atoms with Crippen molar-refractivity contribution in [2.24, 2.45) is 0 Å². The van der Waals surface area contributed by atoms with Gasteiger partial charge in [-0.25, -0.2) is 0 Å². The maximum Gasteiger partial charge on any atom is 0.145 e. The van der Waals surface area contributed by atoms with E-state index >= 15 is 0 Å². The lowest BCUT2D eigenvalue weighted by Gasteiger charge is -2.38. The van der Waals surface area contributed by atoms with Crippen molar-refractivity contribution in [1.29, 1.82) is 10.5 Å². The summed E-state index contributed by atoms with van der Waals surface area (Å²) < 4.78 is 1.01. The van der Waals surface area contributed by atoms with E-state index in [1.54, 1.807) is 6.20 Å². The van der Waals surface area contributed by atoms with Gasteiger partial charge in [-0.1, -0.05) is 0 Å². The molecule has 1 aliphatic rings. The van der Waals surface area contributed by atoms with E-state index in [0.717, 1.165) is 30.7 Å². The molecule has 0 aromatic heterocycles. The fourth-order valence-electron chi connectivity index (χ4n) is 1.42. The van der Waals surface area contributed by atoms with Crippen molar-refractivity contribution in [3.05, 3.63) is 11.8 Å². The van der Waals surface area contributed by atoms with E-state index in [2.05, 4.69) is 14.1 Å². The topological polar surface area (TPSA) is 50.8 Å². The van der Waals surface area contributed by atoms with Crippen LogP contribution in [0.15, 0.2) is 11.8 Å². The highest BCUT2D eigenvalue weighted by atomic mass is 15.4. The van der Waals surface area contributed by atoms with Gasteiger partial charge in [0.2, 0.25) is 0 Å². The molecule has 0 aliphatic carbocycles. The second-order valence-electron chi connectivity index (χ2n) is 4.19. The number of piperazine rings is 1. The van der Waals surface area contributed by atoms with E-state index < -0.39 is 0 Å². The number of allylic oxidation sites excluding steroid dienone is 1. The van der Waals surface area contributed by atoms with Crippen molar-refractivity contribution < 1.29 is 4.48 Å². The molecule has 1 heterocycles. The molecule has 0 amide bonds. The molecule has 4 heteroatoms. The Morgan fingerprint density at radius 1 is 1.21 bits per heavy atom. The summed E-state index contributed by atoms with van der Waals surface area (Å²) in [4.78, 5) is 2.05. The van der Waals surface area contributed by atoms with Gasteiger partial charge in [0, 0.05) is 6.20 Å². The van der Waals surface area contributed by atoms with Crippen LogP contribution in [0.2, 0.25) is 0 Å². The smallest absolute Gasteiger partial charge is 0.145 e. The number of quaternary nitrogens is 1. The van der Waals surface area contributed by atoms with Gasteiger partial charge in [0.15, 0.2) is 0 Å². The van der Waals surface area contributed by atoms with Gasteiger partial charge in [-0.15, -0.1) is 0 Å². The van der Waals surface area contributed by atoms with Gasteiger partial charge < -0.3 is 9.38 Å². The molecule has 4 nitrogen and oxygen atoms in total. The Balaban J connectivity index is 2.57. The first-order valence-electron chi connectivity index (χ1n) is 4.65. The van der Waals surface area contributed by atoms with Crippen LogP contribution in [-0.2, 0) is 0 Å². The summed E-state index contributed by atoms with van der Waals surface area (Å²) in [6, 6.07) is 3.75. The molecule has 0 aromatic carbocycles. The van der Waals surface area contributed by atoms with Crippen LogP contribution in [0.25, 0.3) is 0 Å². The highest BCUT2D eigenvalue weighted by molar-refractivity contribution is 5.34. The van der Waals surface area contributed by atoms with Crippen molar-refractivity contribution in [2.75, 3.05) is 40.3 Å². The van der Waals surface area contributed by atoms with Crippen LogP contribution < -0.4 is 0 Å². The normalized spacial score (nSPS) is 19.3. The molecule has 74 valence electrons. The van der Waals surface area contributed by atoms with Gasteiger partial charge in [-0.3, -0.25) is 0 Å². The monoisotopic (exact) mass is 191 g/mol. The number of nitriles is 2. The van der Waals surface area contributed by atoms with Gasteiger partial charge in [-0.2, -0.15) is 10.5 Å². The first-order chi connectivity index (χ1) is 6.57. The van der Waals surface area contributed by atoms with Gasteiger partial charge >= 0.3 is 0 Å². The molecule has 1 aliphatic heterocycles. The van der Waals surface area contributed by atoms with E-state index in [1.165, 1.54) is 0 Å². The Kier molecular flexibility index (Phi) is 3.11. The van der Waals surface area contributed by atoms with E-state index in [1.807, 2.05) is 17.0 Å². The van der Waals surface area contributed by atoms with Gasteiger partial charge in [0.1, 0.15) is 17.7 Å². The van der Waals surface area contributed by atoms with Crippen LogP contribution in [0.5, 0.6) is 0 Å². The molecule has 14 heavy (non-hydrogen) atoms. The van der Waals surface area contributed by atoms with E-state index in [9.17, 15) is 0 Å². The predicted molar refractivity (Wildman–Crippen MR) is 52.7 cm³/mol. The number of likely N-dealkylation sites (N-methyl/N-ethyl adjacent to an activating group) is 1. The van der Waals surface area contributed by atoms with Crippen LogP contribution in [0, 0.1) is 22.7 Å². The van der Waals surface area contributed by atoms with Crippen LogP contribution in [0.4, 0.5) is 0 Å². The Morgan fingerprint density at radius 2 is 1.71 bits per heavy atom. The summed E-state index contributed by atoms with van der Waals surface area (Å²) in [7, 11) is 4.38. The Hall–Kier alpha value is -1.52.